The van der Waals surface area contributed by atoms with Crippen LogP contribution in [0.2, 0.25) is 0 Å². The summed E-state index contributed by atoms with van der Waals surface area (Å²) < 4.78 is 0. The second-order valence-corrected chi connectivity index (χ2v) is 4.71. The van der Waals surface area contributed by atoms with E-state index in [1.807, 2.05) is 0 Å². The highest BCUT2D eigenvalue weighted by Crippen LogP contribution is 2.14. The van der Waals surface area contributed by atoms with Crippen LogP contribution >= 0.6 is 24.2 Å². The smallest absolute Gasteiger partial charge is 0.156 e. The summed E-state index contributed by atoms with van der Waals surface area (Å²) in [5.41, 5.74) is 2.68. The molecule has 0 amide bonds. The first-order valence-corrected chi connectivity index (χ1v) is 6.30. The summed E-state index contributed by atoms with van der Waals surface area (Å²) in [6.07, 6.45) is 1.16. The number of nitrogens with zero attached hydrogens (tertiary/aromatic N) is 1. The molecule has 0 spiro atoms. The topological polar surface area (TPSA) is 24.4 Å². The van der Waals surface area contributed by atoms with Gasteiger partial charge in [-0.25, -0.2) is 0 Å². The lowest BCUT2D eigenvalue weighted by Crippen LogP contribution is -2.26. The Balaban J connectivity index is 0.00000128. The standard InChI is InChI=1S/C12H16N2S.ClH/c1-10-3-5-11(6-4-10)9-15-12-13-7-2-8-14-12;/h3-6H,2,7-9H2,1H3,(H,13,14);1H. The average Bonchev–Trinajstić information content (AvgIpc) is 2.30. The van der Waals surface area contributed by atoms with E-state index < -0.39 is 0 Å². The van der Waals surface area contributed by atoms with Crippen molar-refractivity contribution in [2.75, 3.05) is 13.1 Å². The van der Waals surface area contributed by atoms with Gasteiger partial charge in [-0.3, -0.25) is 4.99 Å². The highest BCUT2D eigenvalue weighted by Gasteiger charge is 2.04. The Kier molecular flexibility index (Phi) is 5.71. The molecule has 88 valence electrons. The van der Waals surface area contributed by atoms with Gasteiger partial charge in [-0.05, 0) is 18.9 Å². The van der Waals surface area contributed by atoms with Gasteiger partial charge in [0.2, 0.25) is 0 Å². The Morgan fingerprint density at radius 1 is 1.31 bits per heavy atom. The van der Waals surface area contributed by atoms with E-state index in [0.29, 0.717) is 0 Å². The first-order chi connectivity index (χ1) is 7.34. The van der Waals surface area contributed by atoms with E-state index in [2.05, 4.69) is 41.5 Å². The number of thioether (sulfide) groups is 1. The molecule has 0 saturated carbocycles. The molecule has 1 aliphatic heterocycles. The number of hydrogen-bond acceptors (Lipinski definition) is 3. The van der Waals surface area contributed by atoms with Crippen LogP contribution in [0.5, 0.6) is 0 Å². The molecule has 4 heteroatoms. The summed E-state index contributed by atoms with van der Waals surface area (Å²) in [7, 11) is 0. The number of amidine groups is 1. The molecule has 16 heavy (non-hydrogen) atoms. The maximum absolute atomic E-state index is 4.43. The number of aliphatic imine (C=N–C) groups is 1. The van der Waals surface area contributed by atoms with E-state index in [0.717, 1.165) is 30.4 Å². The quantitative estimate of drug-likeness (QED) is 0.880. The van der Waals surface area contributed by atoms with Crippen molar-refractivity contribution in [2.24, 2.45) is 4.99 Å². The van der Waals surface area contributed by atoms with E-state index in [1.165, 1.54) is 11.1 Å². The van der Waals surface area contributed by atoms with Gasteiger partial charge in [0.05, 0.1) is 0 Å². The van der Waals surface area contributed by atoms with Gasteiger partial charge in [0.25, 0.3) is 0 Å². The molecule has 1 heterocycles. The van der Waals surface area contributed by atoms with E-state index in [-0.39, 0.29) is 12.4 Å². The zero-order valence-electron chi connectivity index (χ0n) is 9.40. The third-order valence-corrected chi connectivity index (χ3v) is 3.39. The summed E-state index contributed by atoms with van der Waals surface area (Å²) in [6.45, 7) is 4.16. The molecule has 2 rings (SSSR count). The van der Waals surface area contributed by atoms with Crippen LogP contribution in [0, 0.1) is 6.92 Å². The fraction of sp³-hybridized carbons (Fsp3) is 0.417. The van der Waals surface area contributed by atoms with Crippen LogP contribution in [0.25, 0.3) is 0 Å². The van der Waals surface area contributed by atoms with Crippen molar-refractivity contribution in [3.05, 3.63) is 35.4 Å². The second-order valence-electron chi connectivity index (χ2n) is 3.74. The summed E-state index contributed by atoms with van der Waals surface area (Å²) in [6, 6.07) is 8.69. The average molecular weight is 257 g/mol. The molecular formula is C12H17ClN2S. The Bertz CT molecular complexity index is 349. The number of hydrogen-bond donors (Lipinski definition) is 1. The molecule has 0 aromatic heterocycles. The van der Waals surface area contributed by atoms with Crippen molar-refractivity contribution in [1.29, 1.82) is 0 Å². The number of benzene rings is 1. The van der Waals surface area contributed by atoms with Crippen LogP contribution in [0.3, 0.4) is 0 Å². The van der Waals surface area contributed by atoms with E-state index in [4.69, 9.17) is 0 Å². The van der Waals surface area contributed by atoms with Gasteiger partial charge in [0.1, 0.15) is 0 Å². The Morgan fingerprint density at radius 2 is 2.06 bits per heavy atom. The Morgan fingerprint density at radius 3 is 2.69 bits per heavy atom. The molecule has 1 aromatic carbocycles. The van der Waals surface area contributed by atoms with Crippen LogP contribution in [0.1, 0.15) is 17.5 Å². The van der Waals surface area contributed by atoms with Gasteiger partial charge in [0.15, 0.2) is 5.17 Å². The zero-order valence-corrected chi connectivity index (χ0v) is 11.0. The number of nitrogens with one attached hydrogen (secondary N) is 1. The highest BCUT2D eigenvalue weighted by atomic mass is 35.5. The third kappa shape index (κ3) is 4.06. The van der Waals surface area contributed by atoms with Gasteiger partial charge < -0.3 is 5.32 Å². The number of rotatable bonds is 2. The lowest BCUT2D eigenvalue weighted by Gasteiger charge is -2.13. The fourth-order valence-electron chi connectivity index (χ4n) is 1.44. The SMILES string of the molecule is Cc1ccc(CSC2=NCCCN2)cc1.Cl. The Labute approximate surface area is 107 Å². The molecule has 1 N–H and O–H groups in total. The van der Waals surface area contributed by atoms with E-state index >= 15 is 0 Å². The molecule has 0 radical (unpaired) electrons. The first kappa shape index (κ1) is 13.4. The molecule has 0 fully saturated rings. The summed E-state index contributed by atoms with van der Waals surface area (Å²) in [4.78, 5) is 4.43. The minimum absolute atomic E-state index is 0. The minimum atomic E-state index is 0. The molecule has 1 aliphatic rings. The molecule has 0 saturated heterocycles. The lowest BCUT2D eigenvalue weighted by atomic mass is 10.2. The minimum Gasteiger partial charge on any atom is -0.365 e. The van der Waals surface area contributed by atoms with E-state index in [1.54, 1.807) is 11.8 Å². The maximum atomic E-state index is 4.43. The molecular weight excluding hydrogens is 240 g/mol. The van der Waals surface area contributed by atoms with Crippen molar-refractivity contribution in [1.82, 2.24) is 5.32 Å². The monoisotopic (exact) mass is 256 g/mol. The molecule has 0 atom stereocenters. The van der Waals surface area contributed by atoms with Gasteiger partial charge in [-0.15, -0.1) is 12.4 Å². The summed E-state index contributed by atoms with van der Waals surface area (Å²) >= 11 is 1.80. The van der Waals surface area contributed by atoms with Gasteiger partial charge >= 0.3 is 0 Å². The van der Waals surface area contributed by atoms with Crippen molar-refractivity contribution < 1.29 is 0 Å². The zero-order chi connectivity index (χ0) is 10.5. The predicted octanol–water partition coefficient (Wildman–Crippen LogP) is 3.00. The number of halogens is 1. The Hall–Kier alpha value is -0.670. The van der Waals surface area contributed by atoms with Crippen LogP contribution < -0.4 is 5.32 Å². The van der Waals surface area contributed by atoms with Crippen molar-refractivity contribution in [2.45, 2.75) is 19.1 Å². The largest absolute Gasteiger partial charge is 0.365 e. The van der Waals surface area contributed by atoms with Crippen molar-refractivity contribution in [3.63, 3.8) is 0 Å². The molecule has 0 bridgehead atoms. The first-order valence-electron chi connectivity index (χ1n) is 5.31. The van der Waals surface area contributed by atoms with Crippen molar-refractivity contribution >= 4 is 29.3 Å². The molecule has 0 aliphatic carbocycles. The van der Waals surface area contributed by atoms with Gasteiger partial charge in [0, 0.05) is 18.8 Å². The molecule has 1 aromatic rings. The fourth-order valence-corrected chi connectivity index (χ4v) is 2.33. The summed E-state index contributed by atoms with van der Waals surface area (Å²) in [5.74, 6) is 1.01. The molecule has 2 nitrogen and oxygen atoms in total. The van der Waals surface area contributed by atoms with Gasteiger partial charge in [-0.1, -0.05) is 41.6 Å². The van der Waals surface area contributed by atoms with Crippen LogP contribution in [-0.2, 0) is 5.75 Å². The highest BCUT2D eigenvalue weighted by molar-refractivity contribution is 8.13. The van der Waals surface area contributed by atoms with Gasteiger partial charge in [-0.2, -0.15) is 0 Å². The second kappa shape index (κ2) is 6.81. The maximum Gasteiger partial charge on any atom is 0.156 e. The summed E-state index contributed by atoms with van der Waals surface area (Å²) in [5, 5.41) is 4.41. The van der Waals surface area contributed by atoms with Crippen LogP contribution in [0.15, 0.2) is 29.3 Å². The molecule has 0 unspecified atom stereocenters. The van der Waals surface area contributed by atoms with Crippen LogP contribution in [-0.4, -0.2) is 18.3 Å². The normalized spacial score (nSPS) is 14.7. The predicted molar refractivity (Wildman–Crippen MR) is 74.6 cm³/mol. The van der Waals surface area contributed by atoms with E-state index in [9.17, 15) is 0 Å². The van der Waals surface area contributed by atoms with Crippen LogP contribution in [0.4, 0.5) is 0 Å². The number of aryl methyl sites for hydroxylation is 1. The lowest BCUT2D eigenvalue weighted by molar-refractivity contribution is 0.751. The third-order valence-electron chi connectivity index (χ3n) is 2.36. The van der Waals surface area contributed by atoms with Crippen molar-refractivity contribution in [3.8, 4) is 0 Å².